The first-order valence-corrected chi connectivity index (χ1v) is 4.67. The first kappa shape index (κ1) is 10.5. The molecule has 2 aromatic rings. The number of hydrogen-bond acceptors (Lipinski definition) is 4. The van der Waals surface area contributed by atoms with Crippen molar-refractivity contribution < 1.29 is 19.1 Å². The Bertz CT molecular complexity index is 532. The van der Waals surface area contributed by atoms with Gasteiger partial charge in [-0.2, -0.15) is 0 Å². The Labute approximate surface area is 91.4 Å². The number of rotatable bonds is 3. The largest absolute Gasteiger partial charge is 0.493 e. The van der Waals surface area contributed by atoms with Gasteiger partial charge in [0.05, 0.1) is 13.4 Å². The molecule has 1 heterocycles. The molecule has 3 N–H and O–H groups in total. The third-order valence-electron chi connectivity index (χ3n) is 2.38. The second kappa shape index (κ2) is 3.86. The van der Waals surface area contributed by atoms with E-state index in [1.807, 2.05) is 0 Å². The maximum Gasteiger partial charge on any atom is 0.325 e. The van der Waals surface area contributed by atoms with E-state index in [4.69, 9.17) is 20.0 Å². The van der Waals surface area contributed by atoms with E-state index < -0.39 is 12.0 Å². The van der Waals surface area contributed by atoms with Gasteiger partial charge in [-0.05, 0) is 23.8 Å². The van der Waals surface area contributed by atoms with E-state index in [2.05, 4.69) is 0 Å². The maximum absolute atomic E-state index is 10.8. The van der Waals surface area contributed by atoms with Crippen molar-refractivity contribution in [1.29, 1.82) is 0 Å². The van der Waals surface area contributed by atoms with Crippen molar-refractivity contribution in [2.24, 2.45) is 5.73 Å². The highest BCUT2D eigenvalue weighted by atomic mass is 16.5. The van der Waals surface area contributed by atoms with Crippen LogP contribution in [0.4, 0.5) is 0 Å². The Kier molecular flexibility index (Phi) is 2.54. The molecule has 1 unspecified atom stereocenters. The third-order valence-corrected chi connectivity index (χ3v) is 2.38. The van der Waals surface area contributed by atoms with E-state index in [1.54, 1.807) is 18.2 Å². The second-order valence-electron chi connectivity index (χ2n) is 3.38. The Morgan fingerprint density at radius 2 is 2.31 bits per heavy atom. The number of aliphatic carboxylic acids is 1. The van der Waals surface area contributed by atoms with Crippen LogP contribution in [0.15, 0.2) is 28.9 Å². The van der Waals surface area contributed by atoms with E-state index in [1.165, 1.54) is 13.4 Å². The molecule has 0 amide bonds. The van der Waals surface area contributed by atoms with Crippen LogP contribution in [0.2, 0.25) is 0 Å². The lowest BCUT2D eigenvalue weighted by atomic mass is 10.1. The number of furan rings is 1. The van der Waals surface area contributed by atoms with Crippen LogP contribution in [0.1, 0.15) is 11.6 Å². The molecule has 0 bridgehead atoms. The molecule has 0 spiro atoms. The summed E-state index contributed by atoms with van der Waals surface area (Å²) >= 11 is 0. The summed E-state index contributed by atoms with van der Waals surface area (Å²) in [5.41, 5.74) is 6.61. The standard InChI is InChI=1S/C11H11NO4/c1-15-8-5-7(9(12)11(13)14)4-6-2-3-16-10(6)8/h2-5,9H,12H2,1H3,(H,13,14). The molecular weight excluding hydrogens is 210 g/mol. The monoisotopic (exact) mass is 221 g/mol. The normalized spacial score (nSPS) is 12.6. The summed E-state index contributed by atoms with van der Waals surface area (Å²) in [7, 11) is 1.49. The predicted molar refractivity (Wildman–Crippen MR) is 57.3 cm³/mol. The molecule has 0 saturated heterocycles. The lowest BCUT2D eigenvalue weighted by Gasteiger charge is -2.09. The minimum absolute atomic E-state index is 0.481. The van der Waals surface area contributed by atoms with Crippen LogP contribution < -0.4 is 10.5 Å². The van der Waals surface area contributed by atoms with Crippen molar-refractivity contribution in [2.75, 3.05) is 7.11 Å². The van der Waals surface area contributed by atoms with E-state index in [0.717, 1.165) is 5.39 Å². The zero-order chi connectivity index (χ0) is 11.7. The summed E-state index contributed by atoms with van der Waals surface area (Å²) in [5, 5.41) is 9.60. The van der Waals surface area contributed by atoms with Gasteiger partial charge in [0.25, 0.3) is 0 Å². The van der Waals surface area contributed by atoms with Crippen LogP contribution in [0, 0.1) is 0 Å². The highest BCUT2D eigenvalue weighted by molar-refractivity contribution is 5.86. The summed E-state index contributed by atoms with van der Waals surface area (Å²) in [6.45, 7) is 0. The Morgan fingerprint density at radius 1 is 1.56 bits per heavy atom. The second-order valence-corrected chi connectivity index (χ2v) is 3.38. The summed E-state index contributed by atoms with van der Waals surface area (Å²) < 4.78 is 10.3. The van der Waals surface area contributed by atoms with E-state index in [9.17, 15) is 4.79 Å². The van der Waals surface area contributed by atoms with Crippen molar-refractivity contribution >= 4 is 16.9 Å². The van der Waals surface area contributed by atoms with Crippen LogP contribution in [-0.2, 0) is 4.79 Å². The number of benzene rings is 1. The lowest BCUT2D eigenvalue weighted by molar-refractivity contribution is -0.138. The first-order chi connectivity index (χ1) is 7.63. The topological polar surface area (TPSA) is 85.7 Å². The van der Waals surface area contributed by atoms with Crippen molar-refractivity contribution in [3.05, 3.63) is 30.0 Å². The minimum atomic E-state index is -1.08. The van der Waals surface area contributed by atoms with Gasteiger partial charge in [-0.1, -0.05) is 0 Å². The molecule has 84 valence electrons. The molecule has 16 heavy (non-hydrogen) atoms. The van der Waals surface area contributed by atoms with Gasteiger partial charge in [0, 0.05) is 5.39 Å². The molecule has 0 fully saturated rings. The lowest BCUT2D eigenvalue weighted by Crippen LogP contribution is -2.20. The van der Waals surface area contributed by atoms with Crippen molar-refractivity contribution in [3.63, 3.8) is 0 Å². The van der Waals surface area contributed by atoms with Crippen molar-refractivity contribution in [3.8, 4) is 5.75 Å². The first-order valence-electron chi connectivity index (χ1n) is 4.67. The highest BCUT2D eigenvalue weighted by Gasteiger charge is 2.17. The van der Waals surface area contributed by atoms with Crippen LogP contribution >= 0.6 is 0 Å². The fourth-order valence-electron chi connectivity index (χ4n) is 1.54. The van der Waals surface area contributed by atoms with Gasteiger partial charge >= 0.3 is 5.97 Å². The van der Waals surface area contributed by atoms with Gasteiger partial charge in [0.15, 0.2) is 11.3 Å². The summed E-state index contributed by atoms with van der Waals surface area (Å²) in [5.74, 6) is -0.598. The van der Waals surface area contributed by atoms with Crippen LogP contribution in [0.3, 0.4) is 0 Å². The number of carboxylic acid groups (broad SMARTS) is 1. The van der Waals surface area contributed by atoms with Crippen LogP contribution in [0.5, 0.6) is 5.75 Å². The average molecular weight is 221 g/mol. The van der Waals surface area contributed by atoms with Gasteiger partial charge in [-0.25, -0.2) is 0 Å². The highest BCUT2D eigenvalue weighted by Crippen LogP contribution is 2.30. The molecule has 2 rings (SSSR count). The zero-order valence-electron chi connectivity index (χ0n) is 8.64. The van der Waals surface area contributed by atoms with Crippen molar-refractivity contribution in [2.45, 2.75) is 6.04 Å². The van der Waals surface area contributed by atoms with Gasteiger partial charge in [-0.15, -0.1) is 0 Å². The number of fused-ring (bicyclic) bond motifs is 1. The van der Waals surface area contributed by atoms with E-state index in [0.29, 0.717) is 16.9 Å². The molecule has 0 aliphatic rings. The number of carboxylic acids is 1. The molecule has 0 aliphatic carbocycles. The van der Waals surface area contributed by atoms with E-state index >= 15 is 0 Å². The van der Waals surface area contributed by atoms with E-state index in [-0.39, 0.29) is 0 Å². The number of methoxy groups -OCH3 is 1. The molecule has 5 heteroatoms. The molecule has 0 aliphatic heterocycles. The number of ether oxygens (including phenoxy) is 1. The molecule has 1 atom stereocenters. The number of carbonyl (C=O) groups is 1. The van der Waals surface area contributed by atoms with Crippen molar-refractivity contribution in [1.82, 2.24) is 0 Å². The minimum Gasteiger partial charge on any atom is -0.493 e. The fourth-order valence-corrected chi connectivity index (χ4v) is 1.54. The predicted octanol–water partition coefficient (Wildman–Crippen LogP) is 1.53. The average Bonchev–Trinajstić information content (AvgIpc) is 2.74. The quantitative estimate of drug-likeness (QED) is 0.820. The molecule has 0 saturated carbocycles. The molecule has 0 radical (unpaired) electrons. The number of nitrogens with two attached hydrogens (primary N) is 1. The Hall–Kier alpha value is -2.01. The molecular formula is C11H11NO4. The number of hydrogen-bond donors (Lipinski definition) is 2. The van der Waals surface area contributed by atoms with Crippen LogP contribution in [-0.4, -0.2) is 18.2 Å². The van der Waals surface area contributed by atoms with Crippen LogP contribution in [0.25, 0.3) is 11.0 Å². The smallest absolute Gasteiger partial charge is 0.325 e. The maximum atomic E-state index is 10.8. The van der Waals surface area contributed by atoms with Gasteiger partial charge in [0.2, 0.25) is 0 Å². The molecule has 1 aromatic heterocycles. The molecule has 1 aromatic carbocycles. The SMILES string of the molecule is COc1cc(C(N)C(=O)O)cc2ccoc12. The zero-order valence-corrected chi connectivity index (χ0v) is 8.64. The summed E-state index contributed by atoms with van der Waals surface area (Å²) in [4.78, 5) is 10.8. The van der Waals surface area contributed by atoms with Gasteiger partial charge in [-0.3, -0.25) is 4.79 Å². The fraction of sp³-hybridized carbons (Fsp3) is 0.182. The summed E-state index contributed by atoms with van der Waals surface area (Å²) in [6, 6.07) is 3.92. The Morgan fingerprint density at radius 3 is 2.94 bits per heavy atom. The van der Waals surface area contributed by atoms with Gasteiger partial charge in [0.1, 0.15) is 6.04 Å². The van der Waals surface area contributed by atoms with Gasteiger partial charge < -0.3 is 20.0 Å². The Balaban J connectivity index is 2.59. The summed E-state index contributed by atoms with van der Waals surface area (Å²) in [6.07, 6.45) is 1.52. The molecule has 5 nitrogen and oxygen atoms in total. The third kappa shape index (κ3) is 1.61.